The van der Waals surface area contributed by atoms with Gasteiger partial charge in [-0.25, -0.2) is 4.98 Å². The molecule has 3 rings (SSSR count). The lowest BCUT2D eigenvalue weighted by Gasteiger charge is -2.07. The number of benzene rings is 1. The summed E-state index contributed by atoms with van der Waals surface area (Å²) in [7, 11) is 0. The van der Waals surface area contributed by atoms with Crippen LogP contribution in [-0.2, 0) is 0 Å². The van der Waals surface area contributed by atoms with Gasteiger partial charge in [0.2, 0.25) is 0 Å². The minimum atomic E-state index is 0.682. The number of pyridine rings is 1. The maximum absolute atomic E-state index is 5.42. The minimum absolute atomic E-state index is 0.682. The zero-order chi connectivity index (χ0) is 12.7. The van der Waals surface area contributed by atoms with E-state index in [9.17, 15) is 0 Å². The molecule has 1 aromatic carbocycles. The molecule has 0 amide bonds. The standard InChI is InChI=1S/C14H13N3S/c1-9-5-3-4-6-11(9)17-13-12(16-14(17)18)10(2)7-8-15-13/h3-8H,1-2H3,(H,16,18). The first kappa shape index (κ1) is 11.2. The highest BCUT2D eigenvalue weighted by Gasteiger charge is 2.10. The molecule has 0 spiro atoms. The molecule has 4 heteroatoms. The number of hydrogen-bond acceptors (Lipinski definition) is 2. The van der Waals surface area contributed by atoms with Gasteiger partial charge >= 0.3 is 0 Å². The van der Waals surface area contributed by atoms with Crippen LogP contribution < -0.4 is 0 Å². The van der Waals surface area contributed by atoms with E-state index in [1.54, 1.807) is 0 Å². The van der Waals surface area contributed by atoms with Gasteiger partial charge in [0.05, 0.1) is 11.2 Å². The molecule has 0 aliphatic carbocycles. The molecule has 90 valence electrons. The molecule has 3 aromatic rings. The Morgan fingerprint density at radius 3 is 2.67 bits per heavy atom. The lowest BCUT2D eigenvalue weighted by Crippen LogP contribution is -1.98. The number of para-hydroxylation sites is 1. The number of fused-ring (bicyclic) bond motifs is 1. The molecule has 3 nitrogen and oxygen atoms in total. The van der Waals surface area contributed by atoms with Gasteiger partial charge in [0, 0.05) is 6.20 Å². The average molecular weight is 255 g/mol. The Morgan fingerprint density at radius 2 is 1.89 bits per heavy atom. The molecular formula is C14H13N3S. The summed E-state index contributed by atoms with van der Waals surface area (Å²) in [5, 5.41) is 0. The van der Waals surface area contributed by atoms with Gasteiger partial charge < -0.3 is 4.98 Å². The second-order valence-corrected chi connectivity index (χ2v) is 4.77. The monoisotopic (exact) mass is 255 g/mol. The topological polar surface area (TPSA) is 33.6 Å². The van der Waals surface area contributed by atoms with E-state index in [4.69, 9.17) is 12.2 Å². The first-order valence-corrected chi connectivity index (χ1v) is 6.21. The number of nitrogens with zero attached hydrogens (tertiary/aromatic N) is 2. The maximum Gasteiger partial charge on any atom is 0.184 e. The quantitative estimate of drug-likeness (QED) is 0.673. The number of hydrogen-bond donors (Lipinski definition) is 1. The average Bonchev–Trinajstić information content (AvgIpc) is 2.68. The first-order chi connectivity index (χ1) is 8.68. The third-order valence-electron chi connectivity index (χ3n) is 3.14. The molecule has 0 saturated heterocycles. The van der Waals surface area contributed by atoms with Crippen molar-refractivity contribution in [3.8, 4) is 5.69 Å². The van der Waals surface area contributed by atoms with E-state index in [2.05, 4.69) is 35.9 Å². The second-order valence-electron chi connectivity index (χ2n) is 4.38. The summed E-state index contributed by atoms with van der Waals surface area (Å²) in [6, 6.07) is 10.2. The SMILES string of the molecule is Cc1ccccc1-n1c(=S)[nH]c2c(C)ccnc21. The Labute approximate surface area is 110 Å². The van der Waals surface area contributed by atoms with Crippen molar-refractivity contribution < 1.29 is 0 Å². The molecule has 18 heavy (non-hydrogen) atoms. The molecule has 0 radical (unpaired) electrons. The van der Waals surface area contributed by atoms with Crippen LogP contribution in [0.5, 0.6) is 0 Å². The van der Waals surface area contributed by atoms with Crippen LogP contribution in [-0.4, -0.2) is 14.5 Å². The Morgan fingerprint density at radius 1 is 1.11 bits per heavy atom. The lowest BCUT2D eigenvalue weighted by atomic mass is 10.2. The fraction of sp³-hybridized carbons (Fsp3) is 0.143. The van der Waals surface area contributed by atoms with Crippen molar-refractivity contribution in [2.45, 2.75) is 13.8 Å². The molecule has 2 heterocycles. The molecule has 0 aliphatic heterocycles. The number of aryl methyl sites for hydroxylation is 2. The van der Waals surface area contributed by atoms with Crippen LogP contribution in [0, 0.1) is 18.6 Å². The molecule has 0 unspecified atom stereocenters. The Bertz CT molecular complexity index is 783. The number of H-pyrrole nitrogens is 1. The van der Waals surface area contributed by atoms with Gasteiger partial charge in [0.25, 0.3) is 0 Å². The minimum Gasteiger partial charge on any atom is -0.329 e. The zero-order valence-corrected chi connectivity index (χ0v) is 11.1. The van der Waals surface area contributed by atoms with Gasteiger partial charge in [-0.15, -0.1) is 0 Å². The third-order valence-corrected chi connectivity index (χ3v) is 3.43. The van der Waals surface area contributed by atoms with Crippen molar-refractivity contribution >= 4 is 23.4 Å². The largest absolute Gasteiger partial charge is 0.329 e. The van der Waals surface area contributed by atoms with Crippen LogP contribution in [0.3, 0.4) is 0 Å². The van der Waals surface area contributed by atoms with Crippen LogP contribution in [0.15, 0.2) is 36.5 Å². The predicted octanol–water partition coefficient (Wildman–Crippen LogP) is 3.70. The van der Waals surface area contributed by atoms with Crippen molar-refractivity contribution in [3.63, 3.8) is 0 Å². The number of aromatic amines is 1. The van der Waals surface area contributed by atoms with Gasteiger partial charge in [-0.2, -0.15) is 0 Å². The summed E-state index contributed by atoms with van der Waals surface area (Å²) in [4.78, 5) is 7.68. The summed E-state index contributed by atoms with van der Waals surface area (Å²) < 4.78 is 2.67. The van der Waals surface area contributed by atoms with Gasteiger partial charge in [-0.1, -0.05) is 18.2 Å². The van der Waals surface area contributed by atoms with E-state index >= 15 is 0 Å². The van der Waals surface area contributed by atoms with E-state index in [-0.39, 0.29) is 0 Å². The van der Waals surface area contributed by atoms with Gasteiger partial charge in [-0.3, -0.25) is 4.57 Å². The second kappa shape index (κ2) is 4.07. The van der Waals surface area contributed by atoms with Crippen molar-refractivity contribution in [1.29, 1.82) is 0 Å². The molecular weight excluding hydrogens is 242 g/mol. The first-order valence-electron chi connectivity index (χ1n) is 5.81. The van der Waals surface area contributed by atoms with E-state index in [0.29, 0.717) is 4.77 Å². The summed E-state index contributed by atoms with van der Waals surface area (Å²) in [5.41, 5.74) is 5.29. The summed E-state index contributed by atoms with van der Waals surface area (Å²) in [6.45, 7) is 4.13. The van der Waals surface area contributed by atoms with Crippen LogP contribution in [0.2, 0.25) is 0 Å². The molecule has 0 aliphatic rings. The smallest absolute Gasteiger partial charge is 0.184 e. The fourth-order valence-corrected chi connectivity index (χ4v) is 2.45. The lowest BCUT2D eigenvalue weighted by molar-refractivity contribution is 1.03. The molecule has 0 saturated carbocycles. The van der Waals surface area contributed by atoms with E-state index in [1.165, 1.54) is 5.56 Å². The summed E-state index contributed by atoms with van der Waals surface area (Å²) in [6.07, 6.45) is 1.81. The van der Waals surface area contributed by atoms with Gasteiger partial charge in [0.15, 0.2) is 10.4 Å². The van der Waals surface area contributed by atoms with Crippen LogP contribution >= 0.6 is 12.2 Å². The number of nitrogens with one attached hydrogen (secondary N) is 1. The molecule has 0 bridgehead atoms. The number of imidazole rings is 1. The summed E-state index contributed by atoms with van der Waals surface area (Å²) >= 11 is 5.42. The third kappa shape index (κ3) is 1.57. The molecule has 0 fully saturated rings. The maximum atomic E-state index is 5.42. The number of aromatic nitrogens is 3. The molecule has 1 N–H and O–H groups in total. The highest BCUT2D eigenvalue weighted by Crippen LogP contribution is 2.21. The van der Waals surface area contributed by atoms with Crippen molar-refractivity contribution in [1.82, 2.24) is 14.5 Å². The Hall–Kier alpha value is -1.94. The van der Waals surface area contributed by atoms with Crippen LogP contribution in [0.1, 0.15) is 11.1 Å². The van der Waals surface area contributed by atoms with E-state index < -0.39 is 0 Å². The summed E-state index contributed by atoms with van der Waals surface area (Å²) in [5.74, 6) is 0. The fourth-order valence-electron chi connectivity index (χ4n) is 2.16. The van der Waals surface area contributed by atoms with Crippen molar-refractivity contribution in [2.24, 2.45) is 0 Å². The van der Waals surface area contributed by atoms with Crippen molar-refractivity contribution in [2.75, 3.05) is 0 Å². The predicted molar refractivity (Wildman–Crippen MR) is 75.7 cm³/mol. The highest BCUT2D eigenvalue weighted by molar-refractivity contribution is 7.71. The Balaban J connectivity index is 2.44. The highest BCUT2D eigenvalue weighted by atomic mass is 32.1. The Kier molecular flexibility index (Phi) is 2.52. The molecule has 0 atom stereocenters. The van der Waals surface area contributed by atoms with E-state index in [1.807, 2.05) is 29.0 Å². The van der Waals surface area contributed by atoms with Crippen LogP contribution in [0.4, 0.5) is 0 Å². The normalized spacial score (nSPS) is 11.0. The van der Waals surface area contributed by atoms with Crippen LogP contribution in [0.25, 0.3) is 16.9 Å². The number of rotatable bonds is 1. The van der Waals surface area contributed by atoms with E-state index in [0.717, 1.165) is 22.4 Å². The van der Waals surface area contributed by atoms with Crippen molar-refractivity contribution in [3.05, 3.63) is 52.4 Å². The van der Waals surface area contributed by atoms with Gasteiger partial charge in [-0.05, 0) is 49.3 Å². The molecule has 2 aromatic heterocycles. The van der Waals surface area contributed by atoms with Gasteiger partial charge in [0.1, 0.15) is 0 Å². The zero-order valence-electron chi connectivity index (χ0n) is 10.3.